The van der Waals surface area contributed by atoms with Crippen LogP contribution in [0.3, 0.4) is 0 Å². The first-order valence-electron chi connectivity index (χ1n) is 9.25. The number of aliphatic imine (C=N–C) groups is 1. The fraction of sp³-hybridized carbons (Fsp3) is 0.632. The summed E-state index contributed by atoms with van der Waals surface area (Å²) in [6.45, 7) is 2.74. The van der Waals surface area contributed by atoms with E-state index in [9.17, 15) is 13.2 Å². The third kappa shape index (κ3) is 9.31. The number of nitrogens with one attached hydrogen (secondary N) is 2. The summed E-state index contributed by atoms with van der Waals surface area (Å²) in [5.41, 5.74) is 0.901. The molecule has 1 unspecified atom stereocenters. The smallest absolute Gasteiger partial charge is 0.422 e. The highest BCUT2D eigenvalue weighted by Crippen LogP contribution is 2.34. The maximum atomic E-state index is 12.2. The molecule has 0 spiro atoms. The van der Waals surface area contributed by atoms with E-state index in [1.807, 2.05) is 6.92 Å². The van der Waals surface area contributed by atoms with Crippen LogP contribution < -0.4 is 15.4 Å². The number of halogens is 4. The molecule has 160 valence electrons. The molecule has 1 fully saturated rings. The Bertz CT molecular complexity index is 602. The van der Waals surface area contributed by atoms with Crippen LogP contribution in [-0.2, 0) is 6.54 Å². The summed E-state index contributed by atoms with van der Waals surface area (Å²) in [6, 6.07) is 7.01. The van der Waals surface area contributed by atoms with Gasteiger partial charge in [-0.2, -0.15) is 13.2 Å². The molecular weight excluding hydrogens is 484 g/mol. The summed E-state index contributed by atoms with van der Waals surface area (Å²) in [7, 11) is 4.19. The lowest BCUT2D eigenvalue weighted by Gasteiger charge is -2.25. The van der Waals surface area contributed by atoms with Crippen LogP contribution in [0, 0.1) is 5.92 Å². The third-order valence-corrected chi connectivity index (χ3v) is 4.40. The van der Waals surface area contributed by atoms with Gasteiger partial charge >= 0.3 is 6.18 Å². The molecule has 1 aliphatic rings. The maximum absolute atomic E-state index is 12.2. The van der Waals surface area contributed by atoms with Crippen molar-refractivity contribution in [2.45, 2.75) is 38.5 Å². The summed E-state index contributed by atoms with van der Waals surface area (Å²) in [6.07, 6.45) is -1.78. The average molecular weight is 514 g/mol. The molecule has 2 rings (SSSR count). The van der Waals surface area contributed by atoms with Crippen LogP contribution in [0.1, 0.15) is 25.3 Å². The van der Waals surface area contributed by atoms with Gasteiger partial charge in [-0.25, -0.2) is 4.99 Å². The zero-order chi connectivity index (χ0) is 19.9. The molecule has 0 saturated heterocycles. The third-order valence-electron chi connectivity index (χ3n) is 4.40. The van der Waals surface area contributed by atoms with Crippen molar-refractivity contribution >= 4 is 29.9 Å². The topological polar surface area (TPSA) is 48.9 Å². The summed E-state index contributed by atoms with van der Waals surface area (Å²) >= 11 is 0. The van der Waals surface area contributed by atoms with Crippen LogP contribution in [-0.4, -0.2) is 56.9 Å². The van der Waals surface area contributed by atoms with Crippen LogP contribution in [0.25, 0.3) is 0 Å². The van der Waals surface area contributed by atoms with Crippen molar-refractivity contribution in [1.29, 1.82) is 0 Å². The molecule has 0 bridgehead atoms. The lowest BCUT2D eigenvalue weighted by atomic mass is 10.1. The first-order valence-corrected chi connectivity index (χ1v) is 9.25. The summed E-state index contributed by atoms with van der Waals surface area (Å²) in [5.74, 6) is 1.69. The highest BCUT2D eigenvalue weighted by atomic mass is 127. The molecular formula is C19H30F3IN4O. The van der Waals surface area contributed by atoms with Crippen molar-refractivity contribution in [3.05, 3.63) is 29.8 Å². The quantitative estimate of drug-likeness (QED) is 0.300. The average Bonchev–Trinajstić information content (AvgIpc) is 3.43. The number of alkyl halides is 3. The van der Waals surface area contributed by atoms with Crippen molar-refractivity contribution < 1.29 is 17.9 Å². The van der Waals surface area contributed by atoms with Crippen molar-refractivity contribution in [2.24, 2.45) is 10.9 Å². The molecule has 0 aromatic heterocycles. The Morgan fingerprint density at radius 2 is 1.86 bits per heavy atom. The molecule has 1 saturated carbocycles. The Morgan fingerprint density at radius 1 is 1.21 bits per heavy atom. The predicted molar refractivity (Wildman–Crippen MR) is 116 cm³/mol. The molecule has 0 radical (unpaired) electrons. The van der Waals surface area contributed by atoms with Crippen molar-refractivity contribution in [1.82, 2.24) is 15.5 Å². The second-order valence-electron chi connectivity index (χ2n) is 6.99. The van der Waals surface area contributed by atoms with E-state index in [0.29, 0.717) is 12.6 Å². The zero-order valence-electron chi connectivity index (χ0n) is 16.6. The number of benzene rings is 1. The highest BCUT2D eigenvalue weighted by molar-refractivity contribution is 14.0. The van der Waals surface area contributed by atoms with Crippen LogP contribution >= 0.6 is 24.0 Å². The Labute approximate surface area is 182 Å². The number of rotatable bonds is 9. The van der Waals surface area contributed by atoms with Gasteiger partial charge in [0.25, 0.3) is 0 Å². The minimum absolute atomic E-state index is 0. The molecule has 0 amide bonds. The van der Waals surface area contributed by atoms with Gasteiger partial charge in [-0.15, -0.1) is 24.0 Å². The Balaban J connectivity index is 0.00000392. The van der Waals surface area contributed by atoms with Gasteiger partial charge in [0.2, 0.25) is 0 Å². The van der Waals surface area contributed by atoms with Crippen LogP contribution in [0.2, 0.25) is 0 Å². The molecule has 2 N–H and O–H groups in total. The van der Waals surface area contributed by atoms with E-state index in [0.717, 1.165) is 30.5 Å². The summed E-state index contributed by atoms with van der Waals surface area (Å²) < 4.78 is 41.2. The van der Waals surface area contributed by atoms with Gasteiger partial charge in [0.05, 0.1) is 6.54 Å². The number of guanidine groups is 1. The van der Waals surface area contributed by atoms with Crippen LogP contribution in [0.5, 0.6) is 5.75 Å². The van der Waals surface area contributed by atoms with Gasteiger partial charge in [-0.3, -0.25) is 0 Å². The first-order chi connectivity index (χ1) is 12.8. The number of hydrogen-bond acceptors (Lipinski definition) is 3. The fourth-order valence-electron chi connectivity index (χ4n) is 2.82. The summed E-state index contributed by atoms with van der Waals surface area (Å²) in [4.78, 5) is 6.81. The van der Waals surface area contributed by atoms with Crippen molar-refractivity contribution in [2.75, 3.05) is 33.8 Å². The van der Waals surface area contributed by atoms with Gasteiger partial charge < -0.3 is 20.3 Å². The molecule has 28 heavy (non-hydrogen) atoms. The second-order valence-corrected chi connectivity index (χ2v) is 6.99. The van der Waals surface area contributed by atoms with E-state index < -0.39 is 12.8 Å². The second kappa shape index (κ2) is 11.7. The van der Waals surface area contributed by atoms with E-state index in [2.05, 4.69) is 34.6 Å². The monoisotopic (exact) mass is 514 g/mol. The van der Waals surface area contributed by atoms with Gasteiger partial charge in [0.1, 0.15) is 5.75 Å². The van der Waals surface area contributed by atoms with Gasteiger partial charge in [0.15, 0.2) is 12.6 Å². The summed E-state index contributed by atoms with van der Waals surface area (Å²) in [5, 5.41) is 6.61. The van der Waals surface area contributed by atoms with E-state index in [4.69, 9.17) is 4.74 Å². The van der Waals surface area contributed by atoms with Crippen molar-refractivity contribution in [3.63, 3.8) is 0 Å². The zero-order valence-corrected chi connectivity index (χ0v) is 18.9. The lowest BCUT2D eigenvalue weighted by Crippen LogP contribution is -2.46. The SMILES string of the molecule is CCNC(=NCc1ccc(OCC(F)(F)F)cc1)NCC(C1CC1)N(C)C.I. The number of hydrogen-bond donors (Lipinski definition) is 2. The van der Waals surface area contributed by atoms with Gasteiger partial charge in [-0.05, 0) is 57.5 Å². The Hall–Kier alpha value is -1.23. The minimum Gasteiger partial charge on any atom is -0.484 e. The van der Waals surface area contributed by atoms with Crippen LogP contribution in [0.15, 0.2) is 29.3 Å². The van der Waals surface area contributed by atoms with Gasteiger partial charge in [-0.1, -0.05) is 12.1 Å². The highest BCUT2D eigenvalue weighted by Gasteiger charge is 2.32. The molecule has 1 aliphatic carbocycles. The fourth-order valence-corrected chi connectivity index (χ4v) is 2.82. The number of nitrogens with zero attached hydrogens (tertiary/aromatic N) is 2. The minimum atomic E-state index is -4.33. The maximum Gasteiger partial charge on any atom is 0.422 e. The van der Waals surface area contributed by atoms with Crippen LogP contribution in [0.4, 0.5) is 13.2 Å². The molecule has 5 nitrogen and oxygen atoms in total. The van der Waals surface area contributed by atoms with Gasteiger partial charge in [0, 0.05) is 19.1 Å². The molecule has 1 aromatic rings. The number of likely N-dealkylation sites (N-methyl/N-ethyl adjacent to an activating group) is 1. The van der Waals surface area contributed by atoms with E-state index in [1.165, 1.54) is 25.0 Å². The van der Waals surface area contributed by atoms with E-state index in [1.54, 1.807) is 12.1 Å². The first kappa shape index (κ1) is 24.8. The molecule has 9 heteroatoms. The Kier molecular flexibility index (Phi) is 10.4. The normalized spacial score (nSPS) is 15.8. The molecule has 1 aromatic carbocycles. The molecule has 0 aliphatic heterocycles. The lowest BCUT2D eigenvalue weighted by molar-refractivity contribution is -0.153. The molecule has 1 atom stereocenters. The Morgan fingerprint density at radius 3 is 2.36 bits per heavy atom. The largest absolute Gasteiger partial charge is 0.484 e. The van der Waals surface area contributed by atoms with E-state index >= 15 is 0 Å². The van der Waals surface area contributed by atoms with E-state index in [-0.39, 0.29) is 29.7 Å². The van der Waals surface area contributed by atoms with Crippen molar-refractivity contribution in [3.8, 4) is 5.75 Å². The predicted octanol–water partition coefficient (Wildman–Crippen LogP) is 3.64. The number of ether oxygens (including phenoxy) is 1. The molecule has 0 heterocycles. The standard InChI is InChI=1S/C19H29F3N4O.HI/c1-4-23-18(25-12-17(26(2)3)15-7-8-15)24-11-14-5-9-16(10-6-14)27-13-19(20,21)22;/h5-6,9-10,15,17H,4,7-8,11-13H2,1-3H3,(H2,23,24,25);1H.